The Morgan fingerprint density at radius 2 is 1.40 bits per heavy atom. The predicted molar refractivity (Wildman–Crippen MR) is 186 cm³/mol. The van der Waals surface area contributed by atoms with E-state index in [4.69, 9.17) is 0 Å². The van der Waals surface area contributed by atoms with Crippen molar-refractivity contribution in [3.05, 3.63) is 166 Å². The van der Waals surface area contributed by atoms with Crippen molar-refractivity contribution in [1.29, 1.82) is 0 Å². The second-order valence-electron chi connectivity index (χ2n) is 10.2. The molecule has 0 aliphatic carbocycles. The first-order chi connectivity index (χ1) is 21.8. The minimum absolute atomic E-state index is 0.101. The van der Waals surface area contributed by atoms with Crippen LogP contribution in [0, 0.1) is 6.92 Å². The summed E-state index contributed by atoms with van der Waals surface area (Å²) in [6.07, 6.45) is 1.65. The Hall–Kier alpha value is -4.92. The van der Waals surface area contributed by atoms with Gasteiger partial charge in [0.15, 0.2) is 0 Å². The molecular formula is C37H30BrN3O3S. The molecule has 0 saturated heterocycles. The highest BCUT2D eigenvalue weighted by Gasteiger charge is 2.23. The minimum atomic E-state index is -0.553. The highest BCUT2D eigenvalue weighted by Crippen LogP contribution is 2.37. The third kappa shape index (κ3) is 9.04. The largest absolute Gasteiger partial charge is 0.325 e. The fourth-order valence-electron chi connectivity index (χ4n) is 4.49. The number of hydrogen-bond donors (Lipinski definition) is 3. The topological polar surface area (TPSA) is 87.3 Å². The van der Waals surface area contributed by atoms with Crippen LogP contribution in [0.2, 0.25) is 0 Å². The average Bonchev–Trinajstić information content (AvgIpc) is 3.05. The van der Waals surface area contributed by atoms with Crippen LogP contribution in [-0.2, 0) is 9.59 Å². The van der Waals surface area contributed by atoms with Crippen molar-refractivity contribution in [2.24, 2.45) is 0 Å². The van der Waals surface area contributed by atoms with Crippen LogP contribution in [0.4, 0.5) is 11.4 Å². The van der Waals surface area contributed by atoms with E-state index in [0.717, 1.165) is 26.1 Å². The number of anilines is 2. The number of benzene rings is 5. The molecule has 0 spiro atoms. The SMILES string of the molecule is Cc1cccc(/C=C(/NC(=O)c2ccccc2)C(=O)Nc2cccc(SC(C(=O)Nc3ccc(Br)cc3)c3ccccc3)c2)c1. The van der Waals surface area contributed by atoms with E-state index < -0.39 is 17.1 Å². The number of carbonyl (C=O) groups is 3. The Morgan fingerprint density at radius 3 is 2.11 bits per heavy atom. The molecule has 5 aromatic rings. The van der Waals surface area contributed by atoms with E-state index in [1.165, 1.54) is 11.8 Å². The number of halogens is 1. The number of hydrogen-bond acceptors (Lipinski definition) is 4. The summed E-state index contributed by atoms with van der Waals surface area (Å²) >= 11 is 4.80. The number of nitrogens with one attached hydrogen (secondary N) is 3. The van der Waals surface area contributed by atoms with Crippen LogP contribution in [0.25, 0.3) is 6.08 Å². The van der Waals surface area contributed by atoms with Crippen molar-refractivity contribution in [3.8, 4) is 0 Å². The van der Waals surface area contributed by atoms with Crippen molar-refractivity contribution >= 4 is 62.9 Å². The molecule has 224 valence electrons. The Bertz CT molecular complexity index is 1830. The van der Waals surface area contributed by atoms with Gasteiger partial charge in [0.25, 0.3) is 11.8 Å². The van der Waals surface area contributed by atoms with Gasteiger partial charge < -0.3 is 16.0 Å². The van der Waals surface area contributed by atoms with Gasteiger partial charge in [-0.05, 0) is 78.7 Å². The number of carbonyl (C=O) groups excluding carboxylic acids is 3. The third-order valence-corrected chi connectivity index (χ3v) is 8.46. The van der Waals surface area contributed by atoms with Gasteiger partial charge in [0, 0.05) is 26.3 Å². The monoisotopic (exact) mass is 675 g/mol. The first kappa shape index (κ1) is 31.5. The molecule has 1 unspecified atom stereocenters. The summed E-state index contributed by atoms with van der Waals surface area (Å²) in [5, 5.41) is 8.16. The maximum absolute atomic E-state index is 13.6. The zero-order chi connectivity index (χ0) is 31.6. The van der Waals surface area contributed by atoms with E-state index >= 15 is 0 Å². The Balaban J connectivity index is 1.37. The van der Waals surface area contributed by atoms with Gasteiger partial charge in [0.2, 0.25) is 5.91 Å². The van der Waals surface area contributed by atoms with Crippen LogP contribution < -0.4 is 16.0 Å². The molecule has 8 heteroatoms. The van der Waals surface area contributed by atoms with Crippen LogP contribution in [0.15, 0.2) is 149 Å². The van der Waals surface area contributed by atoms with E-state index in [2.05, 4.69) is 31.9 Å². The van der Waals surface area contributed by atoms with Crippen molar-refractivity contribution < 1.29 is 14.4 Å². The lowest BCUT2D eigenvalue weighted by Gasteiger charge is -2.18. The Kier molecular flexibility index (Phi) is 10.6. The van der Waals surface area contributed by atoms with Gasteiger partial charge in [0.1, 0.15) is 10.9 Å². The molecule has 0 aliphatic rings. The number of amides is 3. The zero-order valence-electron chi connectivity index (χ0n) is 24.4. The summed E-state index contributed by atoms with van der Waals surface area (Å²) in [6.45, 7) is 1.96. The minimum Gasteiger partial charge on any atom is -0.325 e. The molecule has 45 heavy (non-hydrogen) atoms. The van der Waals surface area contributed by atoms with Crippen LogP contribution in [-0.4, -0.2) is 17.7 Å². The van der Waals surface area contributed by atoms with Gasteiger partial charge in [-0.2, -0.15) is 0 Å². The fourth-order valence-corrected chi connectivity index (χ4v) is 5.84. The maximum atomic E-state index is 13.6. The van der Waals surface area contributed by atoms with E-state index in [9.17, 15) is 14.4 Å². The van der Waals surface area contributed by atoms with Crippen molar-refractivity contribution in [3.63, 3.8) is 0 Å². The second kappa shape index (κ2) is 15.2. The molecule has 1 atom stereocenters. The van der Waals surface area contributed by atoms with Gasteiger partial charge in [0.05, 0.1) is 0 Å². The number of aryl methyl sites for hydroxylation is 1. The molecule has 0 radical (unpaired) electrons. The van der Waals surface area contributed by atoms with Crippen molar-refractivity contribution in [1.82, 2.24) is 5.32 Å². The first-order valence-corrected chi connectivity index (χ1v) is 15.9. The summed E-state index contributed by atoms with van der Waals surface area (Å²) in [7, 11) is 0. The molecule has 3 amide bonds. The summed E-state index contributed by atoms with van der Waals surface area (Å²) < 4.78 is 0.921. The van der Waals surface area contributed by atoms with E-state index in [1.807, 2.05) is 110 Å². The molecule has 0 aliphatic heterocycles. The van der Waals surface area contributed by atoms with Crippen LogP contribution >= 0.6 is 27.7 Å². The lowest BCUT2D eigenvalue weighted by Crippen LogP contribution is -2.30. The Morgan fingerprint density at radius 1 is 0.711 bits per heavy atom. The molecule has 3 N–H and O–H groups in total. The smallest absolute Gasteiger partial charge is 0.272 e. The van der Waals surface area contributed by atoms with E-state index in [0.29, 0.717) is 16.9 Å². The van der Waals surface area contributed by atoms with Gasteiger partial charge >= 0.3 is 0 Å². The fraction of sp³-hybridized carbons (Fsp3) is 0.0541. The molecule has 6 nitrogen and oxygen atoms in total. The maximum Gasteiger partial charge on any atom is 0.272 e. The molecule has 5 aromatic carbocycles. The molecule has 0 bridgehead atoms. The number of rotatable bonds is 10. The third-order valence-electron chi connectivity index (χ3n) is 6.68. The lowest BCUT2D eigenvalue weighted by molar-refractivity contribution is -0.116. The zero-order valence-corrected chi connectivity index (χ0v) is 26.8. The molecule has 0 aromatic heterocycles. The highest BCUT2D eigenvalue weighted by molar-refractivity contribution is 9.10. The Labute approximate surface area is 275 Å². The normalized spacial score (nSPS) is 11.7. The van der Waals surface area contributed by atoms with Crippen LogP contribution in [0.5, 0.6) is 0 Å². The highest BCUT2D eigenvalue weighted by atomic mass is 79.9. The van der Waals surface area contributed by atoms with Gasteiger partial charge in [-0.1, -0.05) is 100 Å². The quantitative estimate of drug-likeness (QED) is 0.102. The molecule has 5 rings (SSSR count). The molecule has 0 heterocycles. The second-order valence-corrected chi connectivity index (χ2v) is 12.3. The summed E-state index contributed by atoms with van der Waals surface area (Å²) in [4.78, 5) is 40.9. The molecular weight excluding hydrogens is 646 g/mol. The van der Waals surface area contributed by atoms with Crippen LogP contribution in [0.1, 0.15) is 32.3 Å². The summed E-state index contributed by atoms with van der Waals surface area (Å²) in [5.74, 6) is -1.04. The van der Waals surface area contributed by atoms with Crippen molar-refractivity contribution in [2.45, 2.75) is 17.1 Å². The van der Waals surface area contributed by atoms with Crippen LogP contribution in [0.3, 0.4) is 0 Å². The van der Waals surface area contributed by atoms with E-state index in [1.54, 1.807) is 36.4 Å². The molecule has 0 saturated carbocycles. The summed E-state index contributed by atoms with van der Waals surface area (Å²) in [6, 6.07) is 40.7. The van der Waals surface area contributed by atoms with E-state index in [-0.39, 0.29) is 11.6 Å². The van der Waals surface area contributed by atoms with Gasteiger partial charge in [-0.25, -0.2) is 0 Å². The molecule has 0 fully saturated rings. The summed E-state index contributed by atoms with van der Waals surface area (Å²) in [5.41, 5.74) is 4.40. The lowest BCUT2D eigenvalue weighted by atomic mass is 10.1. The van der Waals surface area contributed by atoms with Gasteiger partial charge in [-0.3, -0.25) is 14.4 Å². The average molecular weight is 677 g/mol. The predicted octanol–water partition coefficient (Wildman–Crippen LogP) is 8.64. The standard InChI is InChI=1S/C37H30BrN3O3S/c1-25-10-8-11-26(22-25)23-33(41-35(42)28-14-6-3-7-15-28)36(43)40-31-16-9-17-32(24-31)45-34(27-12-4-2-5-13-27)37(44)39-30-20-18-29(38)19-21-30/h2-24,34H,1H3,(H,39,44)(H,40,43)(H,41,42)/b33-23+. The first-order valence-electron chi connectivity index (χ1n) is 14.2. The number of thioether (sulfide) groups is 1. The van der Waals surface area contributed by atoms with Crippen molar-refractivity contribution in [2.75, 3.05) is 10.6 Å². The van der Waals surface area contributed by atoms with Gasteiger partial charge in [-0.15, -0.1) is 11.8 Å².